The Bertz CT molecular complexity index is 1050. The number of hydrogen-bond donors (Lipinski definition) is 2. The van der Waals surface area contributed by atoms with E-state index in [1.807, 2.05) is 0 Å². The molecule has 9 heteroatoms. The van der Waals surface area contributed by atoms with Gasteiger partial charge < -0.3 is 10.2 Å². The van der Waals surface area contributed by atoms with Gasteiger partial charge in [-0.1, -0.05) is 11.6 Å². The third-order valence-corrected chi connectivity index (χ3v) is 7.03. The summed E-state index contributed by atoms with van der Waals surface area (Å²) >= 11 is 5.78. The fourth-order valence-electron chi connectivity index (χ4n) is 3.44. The van der Waals surface area contributed by atoms with E-state index in [9.17, 15) is 32.6 Å². The molecular weight excluding hydrogens is 423 g/mol. The van der Waals surface area contributed by atoms with Crippen LogP contribution in [0.4, 0.5) is 4.39 Å². The number of benzene rings is 2. The van der Waals surface area contributed by atoms with Crippen LogP contribution >= 0.6 is 11.6 Å². The number of sulfone groups is 1. The van der Waals surface area contributed by atoms with Gasteiger partial charge in [-0.3, -0.25) is 4.79 Å². The maximum absolute atomic E-state index is 14.8. The molecule has 1 heterocycles. The van der Waals surface area contributed by atoms with Gasteiger partial charge in [0.1, 0.15) is 15.7 Å². The minimum atomic E-state index is -3.15. The number of aliphatic hydroxyl groups is 1. The summed E-state index contributed by atoms with van der Waals surface area (Å²) in [7, 11) is -3.15. The van der Waals surface area contributed by atoms with Gasteiger partial charge in [0.2, 0.25) is 0 Å². The molecule has 1 saturated heterocycles. The van der Waals surface area contributed by atoms with E-state index in [-0.39, 0.29) is 35.5 Å². The first-order chi connectivity index (χ1) is 13.6. The van der Waals surface area contributed by atoms with Crippen LogP contribution in [0, 0.1) is 11.7 Å². The molecule has 0 aliphatic carbocycles. The molecule has 3 rings (SSSR count). The predicted molar refractivity (Wildman–Crippen MR) is 105 cm³/mol. The molecule has 154 valence electrons. The summed E-state index contributed by atoms with van der Waals surface area (Å²) in [6.07, 6.45) is -0.851. The molecule has 1 unspecified atom stereocenters. The molecule has 2 N–H and O–H groups in total. The molecule has 0 saturated carbocycles. The Labute approximate surface area is 171 Å². The van der Waals surface area contributed by atoms with Crippen LogP contribution in [-0.2, 0) is 9.84 Å². The summed E-state index contributed by atoms with van der Waals surface area (Å²) in [4.78, 5) is 24.4. The van der Waals surface area contributed by atoms with E-state index in [0.29, 0.717) is 5.02 Å². The minimum absolute atomic E-state index is 0.00291. The van der Waals surface area contributed by atoms with Crippen LogP contribution in [0.15, 0.2) is 36.4 Å². The molecule has 1 atom stereocenters. The lowest BCUT2D eigenvalue weighted by molar-refractivity contribution is 0.0690. The first-order valence-electron chi connectivity index (χ1n) is 8.84. The number of halogens is 2. The molecule has 6 nitrogen and oxygen atoms in total. The van der Waals surface area contributed by atoms with Crippen LogP contribution in [-0.4, -0.2) is 41.9 Å². The molecule has 1 aliphatic heterocycles. The van der Waals surface area contributed by atoms with Crippen LogP contribution in [0.3, 0.4) is 0 Å². The topological polar surface area (TPSA) is 109 Å². The number of carboxylic acid groups (broad SMARTS) is 1. The second kappa shape index (κ2) is 8.22. The second-order valence-electron chi connectivity index (χ2n) is 7.00. The highest BCUT2D eigenvalue weighted by Crippen LogP contribution is 2.33. The molecule has 0 radical (unpaired) electrons. The van der Waals surface area contributed by atoms with Crippen molar-refractivity contribution in [3.05, 3.63) is 69.5 Å². The van der Waals surface area contributed by atoms with Gasteiger partial charge in [0.05, 0.1) is 28.7 Å². The average molecular weight is 441 g/mol. The monoisotopic (exact) mass is 440 g/mol. The van der Waals surface area contributed by atoms with Crippen molar-refractivity contribution in [1.29, 1.82) is 0 Å². The van der Waals surface area contributed by atoms with Crippen LogP contribution in [0.25, 0.3) is 0 Å². The maximum Gasteiger partial charge on any atom is 0.336 e. The summed E-state index contributed by atoms with van der Waals surface area (Å²) < 4.78 is 37.9. The van der Waals surface area contributed by atoms with Gasteiger partial charge in [0, 0.05) is 10.6 Å². The van der Waals surface area contributed by atoms with Crippen molar-refractivity contribution in [2.45, 2.75) is 18.9 Å². The highest BCUT2D eigenvalue weighted by molar-refractivity contribution is 7.91. The number of ketones is 1. The lowest BCUT2D eigenvalue weighted by Crippen LogP contribution is -2.27. The van der Waals surface area contributed by atoms with Crippen LogP contribution in [0.1, 0.15) is 50.8 Å². The van der Waals surface area contributed by atoms with Crippen molar-refractivity contribution in [3.8, 4) is 0 Å². The molecule has 29 heavy (non-hydrogen) atoms. The van der Waals surface area contributed by atoms with Gasteiger partial charge in [-0.15, -0.1) is 0 Å². The van der Waals surface area contributed by atoms with Gasteiger partial charge >= 0.3 is 5.97 Å². The first kappa shape index (κ1) is 21.4. The predicted octanol–water partition coefficient (Wildman–Crippen LogP) is 3.27. The fraction of sp³-hybridized carbons (Fsp3) is 0.300. The molecule has 2 aromatic rings. The fourth-order valence-corrected chi connectivity index (χ4v) is 5.09. The van der Waals surface area contributed by atoms with Gasteiger partial charge in [0.15, 0.2) is 5.78 Å². The lowest BCUT2D eigenvalue weighted by atomic mass is 9.88. The summed E-state index contributed by atoms with van der Waals surface area (Å²) in [5, 5.41) is 20.5. The molecule has 0 bridgehead atoms. The minimum Gasteiger partial charge on any atom is -0.478 e. The molecule has 0 aromatic heterocycles. The summed E-state index contributed by atoms with van der Waals surface area (Å²) in [5.41, 5.74) is -1.11. The van der Waals surface area contributed by atoms with Crippen LogP contribution in [0.5, 0.6) is 0 Å². The number of hydrogen-bond acceptors (Lipinski definition) is 5. The van der Waals surface area contributed by atoms with E-state index in [1.54, 1.807) is 0 Å². The van der Waals surface area contributed by atoms with Crippen molar-refractivity contribution in [3.63, 3.8) is 0 Å². The molecular formula is C20H18ClFO6S. The smallest absolute Gasteiger partial charge is 0.336 e. The number of carboxylic acids is 1. The Morgan fingerprint density at radius 2 is 1.69 bits per heavy atom. The molecule has 0 spiro atoms. The van der Waals surface area contributed by atoms with Crippen LogP contribution in [0.2, 0.25) is 5.02 Å². The zero-order chi connectivity index (χ0) is 21.3. The van der Waals surface area contributed by atoms with Crippen molar-refractivity contribution < 1.29 is 32.6 Å². The summed E-state index contributed by atoms with van der Waals surface area (Å²) in [5.74, 6) is -4.02. The van der Waals surface area contributed by atoms with Gasteiger partial charge in [-0.05, 0) is 60.7 Å². The first-order valence-corrected chi connectivity index (χ1v) is 11.0. The van der Waals surface area contributed by atoms with E-state index in [2.05, 4.69) is 0 Å². The standard InChI is InChI=1S/C20H18ClFO6S/c21-14-3-1-11(2-4-14)19(24)17-15(20(25)26)9-13(10-16(17)22)18(23)12-5-7-29(27,28)8-6-12/h1-4,9-10,12,18,23H,5-8H2,(H,25,26). The van der Waals surface area contributed by atoms with E-state index in [4.69, 9.17) is 11.6 Å². The van der Waals surface area contributed by atoms with Gasteiger partial charge in [-0.2, -0.15) is 0 Å². The van der Waals surface area contributed by atoms with Crippen molar-refractivity contribution in [1.82, 2.24) is 0 Å². The van der Waals surface area contributed by atoms with E-state index < -0.39 is 50.6 Å². The highest BCUT2D eigenvalue weighted by atomic mass is 35.5. The van der Waals surface area contributed by atoms with E-state index in [0.717, 1.165) is 12.1 Å². The SMILES string of the molecule is O=C(O)c1cc(C(O)C2CCS(=O)(=O)CC2)cc(F)c1C(=O)c1ccc(Cl)cc1. The Morgan fingerprint density at radius 3 is 2.24 bits per heavy atom. The van der Waals surface area contributed by atoms with Crippen molar-refractivity contribution >= 4 is 33.2 Å². The van der Waals surface area contributed by atoms with E-state index >= 15 is 0 Å². The van der Waals surface area contributed by atoms with Crippen LogP contribution < -0.4 is 0 Å². The van der Waals surface area contributed by atoms with Gasteiger partial charge in [-0.25, -0.2) is 17.6 Å². The van der Waals surface area contributed by atoms with E-state index in [1.165, 1.54) is 24.3 Å². The molecule has 2 aromatic carbocycles. The largest absolute Gasteiger partial charge is 0.478 e. The van der Waals surface area contributed by atoms with Crippen molar-refractivity contribution in [2.24, 2.45) is 5.92 Å². The summed E-state index contributed by atoms with van der Waals surface area (Å²) in [6.45, 7) is 0. The molecule has 1 fully saturated rings. The average Bonchev–Trinajstić information content (AvgIpc) is 2.66. The Balaban J connectivity index is 1.97. The number of carbonyl (C=O) groups excluding carboxylic acids is 1. The van der Waals surface area contributed by atoms with Gasteiger partial charge in [0.25, 0.3) is 0 Å². The zero-order valence-corrected chi connectivity index (χ0v) is 16.7. The van der Waals surface area contributed by atoms with Crippen molar-refractivity contribution in [2.75, 3.05) is 11.5 Å². The Morgan fingerprint density at radius 1 is 1.10 bits per heavy atom. The molecule has 1 aliphatic rings. The normalized spacial score (nSPS) is 17.6. The Hall–Kier alpha value is -2.29. The third kappa shape index (κ3) is 4.66. The highest BCUT2D eigenvalue weighted by Gasteiger charge is 2.31. The lowest BCUT2D eigenvalue weighted by Gasteiger charge is -2.27. The zero-order valence-electron chi connectivity index (χ0n) is 15.1. The number of aliphatic hydroxyl groups excluding tert-OH is 1. The second-order valence-corrected chi connectivity index (χ2v) is 9.74. The summed E-state index contributed by atoms with van der Waals surface area (Å²) in [6, 6.07) is 7.60. The number of rotatable bonds is 5. The quantitative estimate of drug-likeness (QED) is 0.691. The number of aromatic carboxylic acids is 1. The Kier molecular flexibility index (Phi) is 6.07. The maximum atomic E-state index is 14.8. The number of carbonyl (C=O) groups is 2. The third-order valence-electron chi connectivity index (χ3n) is 5.06. The molecule has 0 amide bonds.